The number of hydrogen-bond acceptors (Lipinski definition) is 1. The topological polar surface area (TPSA) is 12.9 Å². The van der Waals surface area contributed by atoms with Gasteiger partial charge in [0.2, 0.25) is 0 Å². The van der Waals surface area contributed by atoms with Crippen molar-refractivity contribution in [2.24, 2.45) is 0 Å². The Kier molecular flexibility index (Phi) is 2.52. The minimum atomic E-state index is -0.847. The van der Waals surface area contributed by atoms with Crippen LogP contribution in [0.4, 0.5) is 8.78 Å². The summed E-state index contributed by atoms with van der Waals surface area (Å²) >= 11 is 0. The van der Waals surface area contributed by atoms with Crippen molar-refractivity contribution in [3.05, 3.63) is 66.4 Å². The third-order valence-corrected chi connectivity index (χ3v) is 2.87. The summed E-state index contributed by atoms with van der Waals surface area (Å²) < 4.78 is 27.1. The van der Waals surface area contributed by atoms with E-state index in [4.69, 9.17) is 0 Å². The van der Waals surface area contributed by atoms with Crippen LogP contribution in [0.25, 0.3) is 22.0 Å². The van der Waals surface area contributed by atoms with Crippen LogP contribution < -0.4 is 0 Å². The fraction of sp³-hybridized carbons (Fsp3) is 0. The van der Waals surface area contributed by atoms with Gasteiger partial charge in [0, 0.05) is 22.7 Å². The first-order valence-electron chi connectivity index (χ1n) is 5.55. The highest BCUT2D eigenvalue weighted by atomic mass is 19.2. The molecule has 0 N–H and O–H groups in total. The van der Waals surface area contributed by atoms with Crippen LogP contribution in [0, 0.1) is 11.6 Å². The first kappa shape index (κ1) is 10.8. The summed E-state index contributed by atoms with van der Waals surface area (Å²) in [5.41, 5.74) is 1.51. The van der Waals surface area contributed by atoms with Gasteiger partial charge in [-0.15, -0.1) is 0 Å². The van der Waals surface area contributed by atoms with Crippen molar-refractivity contribution < 1.29 is 8.78 Å². The fourth-order valence-electron chi connectivity index (χ4n) is 2.03. The van der Waals surface area contributed by atoms with Gasteiger partial charge in [0.1, 0.15) is 0 Å². The zero-order valence-electron chi connectivity index (χ0n) is 9.40. The molecule has 0 bridgehead atoms. The van der Waals surface area contributed by atoms with Gasteiger partial charge >= 0.3 is 0 Å². The van der Waals surface area contributed by atoms with E-state index >= 15 is 0 Å². The molecule has 0 amide bonds. The monoisotopic (exact) mass is 241 g/mol. The summed E-state index contributed by atoms with van der Waals surface area (Å²) in [4.78, 5) is 4.24. The summed E-state index contributed by atoms with van der Waals surface area (Å²) in [7, 11) is 0. The Labute approximate surface area is 103 Å². The smallest absolute Gasteiger partial charge is 0.166 e. The molecular formula is C15H9F2N. The molecule has 0 aliphatic rings. The number of hydrogen-bond donors (Lipinski definition) is 0. The van der Waals surface area contributed by atoms with Crippen molar-refractivity contribution in [3.8, 4) is 11.1 Å². The molecule has 1 nitrogen and oxygen atoms in total. The van der Waals surface area contributed by atoms with E-state index in [-0.39, 0.29) is 5.56 Å². The van der Waals surface area contributed by atoms with E-state index < -0.39 is 11.6 Å². The maximum absolute atomic E-state index is 13.8. The molecule has 3 aromatic rings. The minimum absolute atomic E-state index is 0.235. The zero-order chi connectivity index (χ0) is 12.5. The van der Waals surface area contributed by atoms with Crippen molar-refractivity contribution >= 4 is 10.9 Å². The number of para-hydroxylation sites is 1. The van der Waals surface area contributed by atoms with Crippen LogP contribution in [-0.2, 0) is 0 Å². The molecule has 0 radical (unpaired) electrons. The molecule has 88 valence electrons. The van der Waals surface area contributed by atoms with Crippen LogP contribution in [0.1, 0.15) is 0 Å². The lowest BCUT2D eigenvalue weighted by molar-refractivity contribution is 0.511. The van der Waals surface area contributed by atoms with Crippen LogP contribution in [0.5, 0.6) is 0 Å². The summed E-state index contributed by atoms with van der Waals surface area (Å²) in [5, 5.41) is 0.902. The van der Waals surface area contributed by atoms with E-state index in [1.165, 1.54) is 6.07 Å². The molecule has 2 aromatic carbocycles. The molecule has 1 heterocycles. The average molecular weight is 241 g/mol. The van der Waals surface area contributed by atoms with E-state index in [1.54, 1.807) is 18.3 Å². The fourth-order valence-corrected chi connectivity index (χ4v) is 2.03. The Morgan fingerprint density at radius 3 is 2.39 bits per heavy atom. The molecular weight excluding hydrogens is 232 g/mol. The molecule has 0 atom stereocenters. The summed E-state index contributed by atoms with van der Waals surface area (Å²) in [5.74, 6) is -1.68. The van der Waals surface area contributed by atoms with Crippen molar-refractivity contribution in [2.75, 3.05) is 0 Å². The maximum atomic E-state index is 13.8. The molecule has 18 heavy (non-hydrogen) atoms. The molecule has 3 rings (SSSR count). The van der Waals surface area contributed by atoms with E-state index in [0.717, 1.165) is 11.5 Å². The zero-order valence-corrected chi connectivity index (χ0v) is 9.40. The average Bonchev–Trinajstić information content (AvgIpc) is 2.41. The second kappa shape index (κ2) is 4.18. The van der Waals surface area contributed by atoms with E-state index in [0.29, 0.717) is 11.1 Å². The second-order valence-electron chi connectivity index (χ2n) is 3.98. The van der Waals surface area contributed by atoms with Crippen LogP contribution in [0.3, 0.4) is 0 Å². The Bertz CT molecular complexity index is 717. The van der Waals surface area contributed by atoms with Crippen LogP contribution in [-0.4, -0.2) is 4.98 Å². The Morgan fingerprint density at radius 1 is 0.778 bits per heavy atom. The predicted molar refractivity (Wildman–Crippen MR) is 67.1 cm³/mol. The number of pyridine rings is 1. The second-order valence-corrected chi connectivity index (χ2v) is 3.98. The lowest BCUT2D eigenvalue weighted by Crippen LogP contribution is -1.91. The molecule has 0 saturated heterocycles. The third kappa shape index (κ3) is 1.64. The van der Waals surface area contributed by atoms with Crippen LogP contribution >= 0.6 is 0 Å². The van der Waals surface area contributed by atoms with Gasteiger partial charge in [-0.2, -0.15) is 0 Å². The number of halogens is 2. The van der Waals surface area contributed by atoms with Crippen molar-refractivity contribution in [2.45, 2.75) is 0 Å². The molecule has 0 aliphatic carbocycles. The lowest BCUT2D eigenvalue weighted by atomic mass is 10.0. The quantitative estimate of drug-likeness (QED) is 0.622. The Hall–Kier alpha value is -2.29. The highest BCUT2D eigenvalue weighted by molar-refractivity contribution is 5.93. The number of benzene rings is 2. The maximum Gasteiger partial charge on any atom is 0.166 e. The number of rotatable bonds is 1. The highest BCUT2D eigenvalue weighted by Gasteiger charge is 2.12. The molecule has 3 heteroatoms. The summed E-state index contributed by atoms with van der Waals surface area (Å²) in [6.45, 7) is 0. The van der Waals surface area contributed by atoms with E-state index in [1.807, 2.05) is 24.3 Å². The van der Waals surface area contributed by atoms with Gasteiger partial charge in [-0.1, -0.05) is 36.4 Å². The molecule has 0 unspecified atom stereocenters. The molecule has 0 fully saturated rings. The minimum Gasteiger partial charge on any atom is -0.256 e. The highest BCUT2D eigenvalue weighted by Crippen LogP contribution is 2.29. The van der Waals surface area contributed by atoms with E-state index in [2.05, 4.69) is 4.98 Å². The molecule has 0 spiro atoms. The normalized spacial score (nSPS) is 10.8. The summed E-state index contributed by atoms with van der Waals surface area (Å²) in [6.07, 6.45) is 1.64. The van der Waals surface area contributed by atoms with Crippen molar-refractivity contribution in [3.63, 3.8) is 0 Å². The largest absolute Gasteiger partial charge is 0.256 e. The number of nitrogens with zero attached hydrogens (tertiary/aromatic N) is 1. The van der Waals surface area contributed by atoms with Gasteiger partial charge in [0.15, 0.2) is 11.6 Å². The Balaban J connectivity index is 2.35. The van der Waals surface area contributed by atoms with Crippen LogP contribution in [0.2, 0.25) is 0 Å². The first-order chi connectivity index (χ1) is 8.77. The van der Waals surface area contributed by atoms with Gasteiger partial charge < -0.3 is 0 Å². The van der Waals surface area contributed by atoms with Crippen molar-refractivity contribution in [1.82, 2.24) is 4.98 Å². The van der Waals surface area contributed by atoms with Gasteiger partial charge in [0.05, 0.1) is 5.52 Å². The molecule has 1 aromatic heterocycles. The van der Waals surface area contributed by atoms with E-state index in [9.17, 15) is 8.78 Å². The van der Waals surface area contributed by atoms with Crippen LogP contribution in [0.15, 0.2) is 54.7 Å². The van der Waals surface area contributed by atoms with Gasteiger partial charge in [0.25, 0.3) is 0 Å². The molecule has 0 saturated carbocycles. The standard InChI is InChI=1S/C15H9F2N/c16-13-8-2-6-11(14(13)17)12-7-1-4-10-5-3-9-18-15(10)12/h1-9H. The van der Waals surface area contributed by atoms with Gasteiger partial charge in [-0.25, -0.2) is 8.78 Å². The van der Waals surface area contributed by atoms with Gasteiger partial charge in [-0.05, 0) is 12.1 Å². The van der Waals surface area contributed by atoms with Gasteiger partial charge in [-0.3, -0.25) is 4.98 Å². The Morgan fingerprint density at radius 2 is 1.50 bits per heavy atom. The summed E-state index contributed by atoms with van der Waals surface area (Å²) in [6, 6.07) is 13.3. The molecule has 0 aliphatic heterocycles. The lowest BCUT2D eigenvalue weighted by Gasteiger charge is -2.07. The number of fused-ring (bicyclic) bond motifs is 1. The number of aromatic nitrogens is 1. The third-order valence-electron chi connectivity index (χ3n) is 2.87. The van der Waals surface area contributed by atoms with Crippen molar-refractivity contribution in [1.29, 1.82) is 0 Å². The SMILES string of the molecule is Fc1cccc(-c2cccc3cccnc23)c1F. The first-order valence-corrected chi connectivity index (χ1v) is 5.55. The predicted octanol–water partition coefficient (Wildman–Crippen LogP) is 4.18.